The molecule has 1 fully saturated rings. The highest BCUT2D eigenvalue weighted by Gasteiger charge is 2.20. The summed E-state index contributed by atoms with van der Waals surface area (Å²) in [5.41, 5.74) is 3.12. The van der Waals surface area contributed by atoms with E-state index in [1.165, 1.54) is 10.3 Å². The van der Waals surface area contributed by atoms with Gasteiger partial charge < -0.3 is 10.2 Å². The van der Waals surface area contributed by atoms with Crippen LogP contribution in [0.15, 0.2) is 42.5 Å². The molecular formula is C21H24ClIN4OS. The largest absolute Gasteiger partial charge is 0.351 e. The molecule has 1 amide bonds. The summed E-state index contributed by atoms with van der Waals surface area (Å²) in [5, 5.41) is 4.17. The molecule has 0 saturated carbocycles. The van der Waals surface area contributed by atoms with Crippen LogP contribution in [0.4, 0.5) is 5.13 Å². The highest BCUT2D eigenvalue weighted by atomic mass is 127. The van der Waals surface area contributed by atoms with Crippen LogP contribution in [0.3, 0.4) is 0 Å². The van der Waals surface area contributed by atoms with Crippen LogP contribution in [0, 0.1) is 10.5 Å². The van der Waals surface area contributed by atoms with Crippen LogP contribution >= 0.6 is 46.3 Å². The third-order valence-corrected chi connectivity index (χ3v) is 7.11. The Morgan fingerprint density at radius 3 is 2.62 bits per heavy atom. The van der Waals surface area contributed by atoms with Crippen molar-refractivity contribution in [2.45, 2.75) is 6.92 Å². The van der Waals surface area contributed by atoms with Crippen molar-refractivity contribution >= 4 is 67.6 Å². The predicted octanol–water partition coefficient (Wildman–Crippen LogP) is 4.18. The van der Waals surface area contributed by atoms with Gasteiger partial charge in [-0.25, -0.2) is 4.98 Å². The number of aromatic nitrogens is 1. The fraction of sp³-hybridized carbons (Fsp3) is 0.333. The SMILES string of the molecule is Cc1cccc2sc(N3CCN(CCNC(=O)c4ccccc4I)CC3)nc12.Cl. The maximum atomic E-state index is 12.3. The number of piperazine rings is 1. The zero-order valence-corrected chi connectivity index (χ0v) is 20.0. The number of hydrogen-bond donors (Lipinski definition) is 1. The van der Waals surface area contributed by atoms with Gasteiger partial charge >= 0.3 is 0 Å². The van der Waals surface area contributed by atoms with E-state index in [-0.39, 0.29) is 18.3 Å². The molecule has 1 N–H and O–H groups in total. The molecular weight excluding hydrogens is 519 g/mol. The Morgan fingerprint density at radius 2 is 1.90 bits per heavy atom. The Bertz CT molecular complexity index is 988. The summed E-state index contributed by atoms with van der Waals surface area (Å²) in [6, 6.07) is 14.0. The Labute approximate surface area is 195 Å². The first-order valence-corrected chi connectivity index (χ1v) is 11.4. The summed E-state index contributed by atoms with van der Waals surface area (Å²) >= 11 is 3.98. The van der Waals surface area contributed by atoms with Gasteiger partial charge in [0.05, 0.1) is 15.8 Å². The summed E-state index contributed by atoms with van der Waals surface area (Å²) in [4.78, 5) is 22.0. The maximum absolute atomic E-state index is 12.3. The number of thiazole rings is 1. The quantitative estimate of drug-likeness (QED) is 0.492. The minimum absolute atomic E-state index is 0. The Morgan fingerprint density at radius 1 is 1.14 bits per heavy atom. The summed E-state index contributed by atoms with van der Waals surface area (Å²) in [5.74, 6) is 0.00785. The van der Waals surface area contributed by atoms with E-state index >= 15 is 0 Å². The molecule has 4 rings (SSSR count). The molecule has 3 aromatic rings. The molecule has 5 nitrogen and oxygen atoms in total. The topological polar surface area (TPSA) is 48.5 Å². The monoisotopic (exact) mass is 542 g/mol. The van der Waals surface area contributed by atoms with Crippen molar-refractivity contribution in [1.29, 1.82) is 0 Å². The third kappa shape index (κ3) is 5.20. The van der Waals surface area contributed by atoms with Gasteiger partial charge in [0.15, 0.2) is 5.13 Å². The van der Waals surface area contributed by atoms with Crippen molar-refractivity contribution in [3.05, 3.63) is 57.2 Å². The Kier molecular flexibility index (Phi) is 7.72. The van der Waals surface area contributed by atoms with E-state index in [4.69, 9.17) is 4.98 Å². The van der Waals surface area contributed by atoms with E-state index in [2.05, 4.69) is 62.8 Å². The van der Waals surface area contributed by atoms with Crippen molar-refractivity contribution in [2.75, 3.05) is 44.2 Å². The molecule has 2 aromatic carbocycles. The molecule has 0 radical (unpaired) electrons. The highest BCUT2D eigenvalue weighted by molar-refractivity contribution is 14.1. The number of amides is 1. The van der Waals surface area contributed by atoms with Gasteiger partial charge in [-0.05, 0) is 53.3 Å². The lowest BCUT2D eigenvalue weighted by atomic mass is 10.2. The number of nitrogens with zero attached hydrogens (tertiary/aromatic N) is 3. The van der Waals surface area contributed by atoms with Crippen LogP contribution in [-0.2, 0) is 0 Å². The molecule has 1 aromatic heterocycles. The number of para-hydroxylation sites is 1. The lowest BCUT2D eigenvalue weighted by Gasteiger charge is -2.34. The number of fused-ring (bicyclic) bond motifs is 1. The standard InChI is InChI=1S/C21H23IN4OS.ClH/c1-15-5-4-8-18-19(15)24-21(28-18)26-13-11-25(12-14-26)10-9-23-20(27)16-6-2-3-7-17(16)22;/h2-8H,9-14H2,1H3,(H,23,27);1H. The minimum Gasteiger partial charge on any atom is -0.351 e. The van der Waals surface area contributed by atoms with Crippen molar-refractivity contribution < 1.29 is 4.79 Å². The van der Waals surface area contributed by atoms with Gasteiger partial charge in [-0.15, -0.1) is 12.4 Å². The highest BCUT2D eigenvalue weighted by Crippen LogP contribution is 2.30. The number of carbonyl (C=O) groups is 1. The van der Waals surface area contributed by atoms with Gasteiger partial charge in [0.1, 0.15) is 0 Å². The molecule has 0 bridgehead atoms. The van der Waals surface area contributed by atoms with Gasteiger partial charge in [-0.1, -0.05) is 35.6 Å². The third-order valence-electron chi connectivity index (χ3n) is 5.08. The van der Waals surface area contributed by atoms with Crippen LogP contribution in [0.2, 0.25) is 0 Å². The first-order chi connectivity index (χ1) is 13.6. The number of halogens is 2. The lowest BCUT2D eigenvalue weighted by molar-refractivity contribution is 0.0947. The Balaban J connectivity index is 0.00000240. The molecule has 0 aliphatic carbocycles. The molecule has 8 heteroatoms. The van der Waals surface area contributed by atoms with Gasteiger partial charge in [-0.2, -0.15) is 0 Å². The zero-order chi connectivity index (χ0) is 19.5. The van der Waals surface area contributed by atoms with E-state index < -0.39 is 0 Å². The zero-order valence-electron chi connectivity index (χ0n) is 16.2. The number of rotatable bonds is 5. The van der Waals surface area contributed by atoms with Crippen LogP contribution in [-0.4, -0.2) is 55.1 Å². The van der Waals surface area contributed by atoms with Crippen LogP contribution in [0.5, 0.6) is 0 Å². The minimum atomic E-state index is 0. The average molecular weight is 543 g/mol. The second kappa shape index (κ2) is 10.1. The predicted molar refractivity (Wildman–Crippen MR) is 132 cm³/mol. The van der Waals surface area contributed by atoms with E-state index in [1.54, 1.807) is 11.3 Å². The molecule has 0 atom stereocenters. The molecule has 0 unspecified atom stereocenters. The van der Waals surface area contributed by atoms with Gasteiger partial charge in [-0.3, -0.25) is 9.69 Å². The number of anilines is 1. The van der Waals surface area contributed by atoms with Gasteiger partial charge in [0, 0.05) is 42.8 Å². The second-order valence-corrected chi connectivity index (χ2v) is 9.15. The van der Waals surface area contributed by atoms with Crippen molar-refractivity contribution in [3.63, 3.8) is 0 Å². The van der Waals surface area contributed by atoms with E-state index in [9.17, 15) is 4.79 Å². The second-order valence-electron chi connectivity index (χ2n) is 6.98. The first kappa shape index (κ1) is 22.3. The molecule has 29 heavy (non-hydrogen) atoms. The van der Waals surface area contributed by atoms with Crippen LogP contribution in [0.25, 0.3) is 10.2 Å². The summed E-state index contributed by atoms with van der Waals surface area (Å²) < 4.78 is 2.24. The Hall–Kier alpha value is -1.42. The molecule has 1 aliphatic rings. The van der Waals surface area contributed by atoms with Gasteiger partial charge in [0.25, 0.3) is 5.91 Å². The number of carbonyl (C=O) groups excluding carboxylic acids is 1. The van der Waals surface area contributed by atoms with E-state index in [0.717, 1.165) is 52.5 Å². The molecule has 2 heterocycles. The van der Waals surface area contributed by atoms with E-state index in [1.807, 2.05) is 24.3 Å². The van der Waals surface area contributed by atoms with Crippen molar-refractivity contribution in [1.82, 2.24) is 15.2 Å². The fourth-order valence-corrected chi connectivity index (χ4v) is 5.17. The van der Waals surface area contributed by atoms with Crippen molar-refractivity contribution in [3.8, 4) is 0 Å². The fourth-order valence-electron chi connectivity index (χ4n) is 3.44. The van der Waals surface area contributed by atoms with Gasteiger partial charge in [0.2, 0.25) is 0 Å². The average Bonchev–Trinajstić information content (AvgIpc) is 3.14. The summed E-state index contributed by atoms with van der Waals surface area (Å²) in [6.45, 7) is 7.61. The smallest absolute Gasteiger partial charge is 0.252 e. The maximum Gasteiger partial charge on any atom is 0.252 e. The lowest BCUT2D eigenvalue weighted by Crippen LogP contribution is -2.48. The number of nitrogens with one attached hydrogen (secondary N) is 1. The molecule has 154 valence electrons. The number of hydrogen-bond acceptors (Lipinski definition) is 5. The number of benzene rings is 2. The first-order valence-electron chi connectivity index (χ1n) is 9.48. The van der Waals surface area contributed by atoms with Crippen molar-refractivity contribution in [2.24, 2.45) is 0 Å². The van der Waals surface area contributed by atoms with Crippen LogP contribution < -0.4 is 10.2 Å². The normalized spacial score (nSPS) is 14.6. The summed E-state index contributed by atoms with van der Waals surface area (Å²) in [7, 11) is 0. The summed E-state index contributed by atoms with van der Waals surface area (Å²) in [6.07, 6.45) is 0. The van der Waals surface area contributed by atoms with E-state index in [0.29, 0.717) is 6.54 Å². The molecule has 1 saturated heterocycles. The molecule has 0 spiro atoms. The number of aryl methyl sites for hydroxylation is 1. The van der Waals surface area contributed by atoms with Crippen LogP contribution in [0.1, 0.15) is 15.9 Å². The molecule has 1 aliphatic heterocycles.